The van der Waals surface area contributed by atoms with E-state index in [0.717, 1.165) is 51.4 Å². The molecular formula is C23H29N3O6. The lowest BCUT2D eigenvalue weighted by Gasteiger charge is -2.13. The summed E-state index contributed by atoms with van der Waals surface area (Å²) < 4.78 is 0. The van der Waals surface area contributed by atoms with Crippen molar-refractivity contribution in [1.29, 1.82) is 0 Å². The van der Waals surface area contributed by atoms with E-state index in [-0.39, 0.29) is 35.4 Å². The quantitative estimate of drug-likeness (QED) is 0.361. The SMILES string of the molecule is O=C1C=CC(=O)N1.O=C1C=CC(=O)N1CCCCCCCCCCCN1C(=O)C=CC1=O. The van der Waals surface area contributed by atoms with Gasteiger partial charge in [-0.3, -0.25) is 43.9 Å². The largest absolute Gasteiger partial charge is 0.289 e. The standard InChI is InChI=1S/C19H26N2O4.C4H3NO2/c22-16-10-11-17(23)20(16)14-8-6-4-2-1-3-5-7-9-15-21-18(24)12-13-19(21)25;6-3-1-2-4(7)5-3/h10-13H,1-9,14-15H2;1-2H,(H,5,6,7). The number of hydrogen-bond donors (Lipinski definition) is 1. The van der Waals surface area contributed by atoms with Crippen molar-refractivity contribution in [3.05, 3.63) is 36.5 Å². The van der Waals surface area contributed by atoms with Gasteiger partial charge in [0.25, 0.3) is 35.4 Å². The molecule has 9 nitrogen and oxygen atoms in total. The van der Waals surface area contributed by atoms with Gasteiger partial charge in [-0.25, -0.2) is 0 Å². The van der Waals surface area contributed by atoms with Crippen LogP contribution in [0.4, 0.5) is 0 Å². The van der Waals surface area contributed by atoms with Crippen LogP contribution in [0, 0.1) is 0 Å². The summed E-state index contributed by atoms with van der Waals surface area (Å²) in [5.74, 6) is -1.44. The molecule has 0 unspecified atom stereocenters. The maximum Gasteiger partial charge on any atom is 0.253 e. The minimum Gasteiger partial charge on any atom is -0.289 e. The molecular weight excluding hydrogens is 414 g/mol. The average Bonchev–Trinajstić information content (AvgIpc) is 3.40. The van der Waals surface area contributed by atoms with E-state index in [1.165, 1.54) is 52.7 Å². The van der Waals surface area contributed by atoms with Gasteiger partial charge in [0, 0.05) is 49.5 Å². The third kappa shape index (κ3) is 8.41. The van der Waals surface area contributed by atoms with Crippen molar-refractivity contribution in [3.63, 3.8) is 0 Å². The molecule has 0 aromatic heterocycles. The van der Waals surface area contributed by atoms with E-state index in [1.54, 1.807) is 0 Å². The van der Waals surface area contributed by atoms with Gasteiger partial charge in [0.2, 0.25) is 0 Å². The summed E-state index contributed by atoms with van der Waals surface area (Å²) in [5.41, 5.74) is 0. The number of carbonyl (C=O) groups excluding carboxylic acids is 6. The minimum absolute atomic E-state index is 0.196. The fourth-order valence-corrected chi connectivity index (χ4v) is 3.44. The van der Waals surface area contributed by atoms with Gasteiger partial charge in [-0.15, -0.1) is 0 Å². The molecule has 0 aromatic carbocycles. The number of amides is 6. The molecule has 0 bridgehead atoms. The van der Waals surface area contributed by atoms with Crippen LogP contribution >= 0.6 is 0 Å². The van der Waals surface area contributed by atoms with Crippen LogP contribution < -0.4 is 5.32 Å². The van der Waals surface area contributed by atoms with Crippen LogP contribution in [-0.4, -0.2) is 58.3 Å². The van der Waals surface area contributed by atoms with E-state index >= 15 is 0 Å². The monoisotopic (exact) mass is 443 g/mol. The Balaban J connectivity index is 0.000000439. The van der Waals surface area contributed by atoms with Gasteiger partial charge < -0.3 is 0 Å². The Labute approximate surface area is 187 Å². The van der Waals surface area contributed by atoms with E-state index in [0.29, 0.717) is 13.1 Å². The third-order valence-corrected chi connectivity index (χ3v) is 5.20. The summed E-state index contributed by atoms with van der Waals surface area (Å²) in [4.78, 5) is 68.1. The molecule has 172 valence electrons. The van der Waals surface area contributed by atoms with Gasteiger partial charge in [-0.2, -0.15) is 0 Å². The summed E-state index contributed by atoms with van der Waals surface area (Å²) in [6.07, 6.45) is 17.2. The van der Waals surface area contributed by atoms with E-state index in [2.05, 4.69) is 0 Å². The van der Waals surface area contributed by atoms with Crippen LogP contribution in [0.1, 0.15) is 57.8 Å². The zero-order valence-corrected chi connectivity index (χ0v) is 18.1. The number of imide groups is 3. The molecule has 0 aliphatic carbocycles. The maximum absolute atomic E-state index is 11.4. The first-order valence-corrected chi connectivity index (χ1v) is 11.0. The van der Waals surface area contributed by atoms with Crippen molar-refractivity contribution < 1.29 is 28.8 Å². The van der Waals surface area contributed by atoms with Gasteiger partial charge in [0.15, 0.2) is 0 Å². The molecule has 0 saturated carbocycles. The Morgan fingerprint density at radius 2 is 0.719 bits per heavy atom. The number of hydrogen-bond acceptors (Lipinski definition) is 6. The molecule has 0 atom stereocenters. The smallest absolute Gasteiger partial charge is 0.253 e. The molecule has 0 spiro atoms. The number of rotatable bonds is 12. The highest BCUT2D eigenvalue weighted by Crippen LogP contribution is 2.12. The molecule has 0 aromatic rings. The lowest BCUT2D eigenvalue weighted by Crippen LogP contribution is -2.30. The summed E-state index contributed by atoms with van der Waals surface area (Å²) in [7, 11) is 0. The van der Waals surface area contributed by atoms with Crippen LogP contribution in [-0.2, 0) is 28.8 Å². The number of nitrogens with zero attached hydrogens (tertiary/aromatic N) is 2. The molecule has 0 fully saturated rings. The molecule has 3 rings (SSSR count). The lowest BCUT2D eigenvalue weighted by molar-refractivity contribution is -0.138. The second-order valence-corrected chi connectivity index (χ2v) is 7.69. The molecule has 0 radical (unpaired) electrons. The van der Waals surface area contributed by atoms with E-state index in [4.69, 9.17) is 0 Å². The van der Waals surface area contributed by atoms with E-state index in [1.807, 2.05) is 5.32 Å². The van der Waals surface area contributed by atoms with Gasteiger partial charge >= 0.3 is 0 Å². The van der Waals surface area contributed by atoms with Gasteiger partial charge in [-0.1, -0.05) is 44.9 Å². The highest BCUT2D eigenvalue weighted by atomic mass is 16.2. The summed E-state index contributed by atoms with van der Waals surface area (Å²) >= 11 is 0. The van der Waals surface area contributed by atoms with Crippen molar-refractivity contribution in [2.24, 2.45) is 0 Å². The molecule has 3 heterocycles. The zero-order valence-electron chi connectivity index (χ0n) is 18.1. The highest BCUT2D eigenvalue weighted by molar-refractivity contribution is 6.13. The zero-order chi connectivity index (χ0) is 23.3. The highest BCUT2D eigenvalue weighted by Gasteiger charge is 2.22. The fourth-order valence-electron chi connectivity index (χ4n) is 3.44. The Hall–Kier alpha value is -3.36. The molecule has 1 N–H and O–H groups in total. The molecule has 9 heteroatoms. The van der Waals surface area contributed by atoms with Crippen molar-refractivity contribution >= 4 is 35.4 Å². The topological polar surface area (TPSA) is 121 Å². The first kappa shape index (κ1) is 24.9. The van der Waals surface area contributed by atoms with Gasteiger partial charge in [0.05, 0.1) is 0 Å². The molecule has 6 amide bonds. The number of carbonyl (C=O) groups is 6. The second kappa shape index (κ2) is 13.1. The Kier molecular flexibility index (Phi) is 10.2. The first-order valence-electron chi connectivity index (χ1n) is 11.0. The number of nitrogens with one attached hydrogen (secondary N) is 1. The summed E-state index contributed by atoms with van der Waals surface area (Å²) in [6.45, 7) is 1.04. The van der Waals surface area contributed by atoms with Gasteiger partial charge in [0.1, 0.15) is 0 Å². The van der Waals surface area contributed by atoms with E-state index < -0.39 is 0 Å². The minimum atomic E-state index is -0.329. The average molecular weight is 444 g/mol. The lowest BCUT2D eigenvalue weighted by atomic mass is 10.1. The van der Waals surface area contributed by atoms with Crippen LogP contribution in [0.2, 0.25) is 0 Å². The number of unbranched alkanes of at least 4 members (excludes halogenated alkanes) is 8. The van der Waals surface area contributed by atoms with Crippen LogP contribution in [0.5, 0.6) is 0 Å². The third-order valence-electron chi connectivity index (χ3n) is 5.20. The predicted octanol–water partition coefficient (Wildman–Crippen LogP) is 1.55. The van der Waals surface area contributed by atoms with Crippen LogP contribution in [0.15, 0.2) is 36.5 Å². The van der Waals surface area contributed by atoms with Crippen molar-refractivity contribution in [1.82, 2.24) is 15.1 Å². The first-order chi connectivity index (χ1) is 15.4. The molecule has 0 saturated heterocycles. The Bertz CT molecular complexity index is 741. The van der Waals surface area contributed by atoms with Crippen molar-refractivity contribution in [2.45, 2.75) is 57.8 Å². The van der Waals surface area contributed by atoms with Crippen LogP contribution in [0.25, 0.3) is 0 Å². The molecule has 3 aliphatic rings. The molecule has 32 heavy (non-hydrogen) atoms. The van der Waals surface area contributed by atoms with Crippen molar-refractivity contribution in [3.8, 4) is 0 Å². The summed E-state index contributed by atoms with van der Waals surface area (Å²) in [6, 6.07) is 0. The van der Waals surface area contributed by atoms with E-state index in [9.17, 15) is 28.8 Å². The summed E-state index contributed by atoms with van der Waals surface area (Å²) in [5, 5.41) is 2.03. The second-order valence-electron chi connectivity index (χ2n) is 7.69. The van der Waals surface area contributed by atoms with Crippen LogP contribution in [0.3, 0.4) is 0 Å². The Morgan fingerprint density at radius 3 is 0.969 bits per heavy atom. The normalized spacial score (nSPS) is 17.0. The fraction of sp³-hybridized carbons (Fsp3) is 0.478. The van der Waals surface area contributed by atoms with Crippen molar-refractivity contribution in [2.75, 3.05) is 13.1 Å². The predicted molar refractivity (Wildman–Crippen MR) is 116 cm³/mol. The maximum atomic E-state index is 11.4. The molecule has 3 aliphatic heterocycles. The van der Waals surface area contributed by atoms with Gasteiger partial charge in [-0.05, 0) is 12.8 Å². The Morgan fingerprint density at radius 1 is 0.438 bits per heavy atom.